The molecule has 0 unspecified atom stereocenters. The summed E-state index contributed by atoms with van der Waals surface area (Å²) < 4.78 is 12.5. The van der Waals surface area contributed by atoms with Gasteiger partial charge in [0.1, 0.15) is 17.3 Å². The van der Waals surface area contributed by atoms with E-state index in [9.17, 15) is 4.79 Å². The number of carbonyl (C=O) groups is 1. The van der Waals surface area contributed by atoms with E-state index in [-0.39, 0.29) is 24.2 Å². The molecule has 3 heterocycles. The normalized spacial score (nSPS) is 14.9. The highest BCUT2D eigenvalue weighted by Gasteiger charge is 2.35. The fourth-order valence-electron chi connectivity index (χ4n) is 4.21. The number of methoxy groups -OCH3 is 2. The van der Waals surface area contributed by atoms with Crippen LogP contribution in [0, 0.1) is 6.92 Å². The maximum absolute atomic E-state index is 12.8. The number of hydrogen-bond donors (Lipinski definition) is 1. The first-order valence-electron chi connectivity index (χ1n) is 10.6. The molecule has 0 saturated heterocycles. The Balaban J connectivity index is 1.61. The third-order valence-electron chi connectivity index (χ3n) is 5.80. The van der Waals surface area contributed by atoms with Crippen molar-refractivity contribution in [3.63, 3.8) is 0 Å². The van der Waals surface area contributed by atoms with Crippen molar-refractivity contribution >= 4 is 23.3 Å². The Kier molecular flexibility index (Phi) is 5.62. The number of aromatic nitrogens is 5. The lowest BCUT2D eigenvalue weighted by Gasteiger charge is -2.25. The molecule has 0 aliphatic carbocycles. The Labute approximate surface area is 200 Å². The first-order chi connectivity index (χ1) is 16.5. The molecule has 2 aromatic carbocycles. The number of aryl methyl sites for hydroxylation is 1. The van der Waals surface area contributed by atoms with Crippen LogP contribution in [0.15, 0.2) is 48.7 Å². The summed E-state index contributed by atoms with van der Waals surface area (Å²) in [6, 6.07) is 12.9. The van der Waals surface area contributed by atoms with E-state index in [1.165, 1.54) is 4.68 Å². The number of ether oxygens (including phenoxy) is 2. The van der Waals surface area contributed by atoms with Crippen molar-refractivity contribution in [3.8, 4) is 28.7 Å². The summed E-state index contributed by atoms with van der Waals surface area (Å²) >= 11 is 6.01. The Morgan fingerprint density at radius 1 is 1.12 bits per heavy atom. The molecule has 0 bridgehead atoms. The van der Waals surface area contributed by atoms with Gasteiger partial charge in [-0.15, -0.1) is 5.10 Å². The monoisotopic (exact) mass is 476 g/mol. The Hall–Kier alpha value is -3.98. The number of carbonyl (C=O) groups excluding carboxylic acids is 1. The van der Waals surface area contributed by atoms with Crippen molar-refractivity contribution in [2.24, 2.45) is 0 Å². The number of anilines is 1. The van der Waals surface area contributed by atoms with Crippen molar-refractivity contribution in [2.75, 3.05) is 19.5 Å². The molecule has 0 radical (unpaired) electrons. The maximum atomic E-state index is 12.8. The molecular formula is C24H21ClN6O3. The first kappa shape index (κ1) is 21.8. The largest absolute Gasteiger partial charge is 0.497 e. The summed E-state index contributed by atoms with van der Waals surface area (Å²) in [5.74, 6) is 1.68. The highest BCUT2D eigenvalue weighted by Crippen LogP contribution is 2.43. The minimum absolute atomic E-state index is 0.140. The minimum Gasteiger partial charge on any atom is -0.497 e. The summed E-state index contributed by atoms with van der Waals surface area (Å²) in [6.07, 6.45) is 1.82. The van der Waals surface area contributed by atoms with Crippen molar-refractivity contribution in [1.29, 1.82) is 0 Å². The van der Waals surface area contributed by atoms with Crippen molar-refractivity contribution in [1.82, 2.24) is 25.0 Å². The van der Waals surface area contributed by atoms with Crippen molar-refractivity contribution in [3.05, 3.63) is 70.5 Å². The van der Waals surface area contributed by atoms with Gasteiger partial charge in [0.25, 0.3) is 5.95 Å². The fourth-order valence-corrected chi connectivity index (χ4v) is 4.33. The molecule has 9 nitrogen and oxygen atoms in total. The molecule has 0 fully saturated rings. The molecule has 1 aliphatic rings. The predicted octanol–water partition coefficient (Wildman–Crippen LogP) is 4.18. The van der Waals surface area contributed by atoms with Gasteiger partial charge in [-0.2, -0.15) is 14.9 Å². The van der Waals surface area contributed by atoms with Gasteiger partial charge in [-0.05, 0) is 25.1 Å². The second-order valence-corrected chi connectivity index (χ2v) is 8.26. The Morgan fingerprint density at radius 2 is 1.91 bits per heavy atom. The van der Waals surface area contributed by atoms with Crippen LogP contribution in [0.4, 0.5) is 5.82 Å². The highest BCUT2D eigenvalue weighted by molar-refractivity contribution is 6.30. The molecule has 34 heavy (non-hydrogen) atoms. The SMILES string of the molecule is COc1ccc([C@@H]2CC(=O)Nc3c2c(C)nn3-c2nncc(-c3ccc(Cl)cc3)n2)c(OC)c1. The molecule has 1 N–H and O–H groups in total. The van der Waals surface area contributed by atoms with Gasteiger partial charge in [0.05, 0.1) is 31.8 Å². The maximum Gasteiger partial charge on any atom is 0.272 e. The lowest BCUT2D eigenvalue weighted by molar-refractivity contribution is -0.116. The molecule has 1 aliphatic heterocycles. The number of nitrogens with one attached hydrogen (secondary N) is 1. The Morgan fingerprint density at radius 3 is 2.65 bits per heavy atom. The van der Waals surface area contributed by atoms with E-state index < -0.39 is 0 Å². The fraction of sp³-hybridized carbons (Fsp3) is 0.208. The van der Waals surface area contributed by atoms with E-state index in [0.717, 1.165) is 22.4 Å². The van der Waals surface area contributed by atoms with Gasteiger partial charge < -0.3 is 14.8 Å². The number of amides is 1. The third kappa shape index (κ3) is 3.84. The van der Waals surface area contributed by atoms with Crippen LogP contribution in [0.25, 0.3) is 17.2 Å². The smallest absolute Gasteiger partial charge is 0.272 e. The number of halogens is 1. The van der Waals surface area contributed by atoms with Crippen LogP contribution in [0.1, 0.15) is 29.2 Å². The van der Waals surface area contributed by atoms with Gasteiger partial charge >= 0.3 is 0 Å². The predicted molar refractivity (Wildman–Crippen MR) is 127 cm³/mol. The van der Waals surface area contributed by atoms with Gasteiger partial charge in [-0.25, -0.2) is 4.98 Å². The zero-order chi connectivity index (χ0) is 23.8. The summed E-state index contributed by atoms with van der Waals surface area (Å²) in [4.78, 5) is 17.4. The van der Waals surface area contributed by atoms with Gasteiger partial charge in [0, 0.05) is 40.1 Å². The van der Waals surface area contributed by atoms with Crippen LogP contribution in [0.3, 0.4) is 0 Å². The quantitative estimate of drug-likeness (QED) is 0.460. The van der Waals surface area contributed by atoms with Gasteiger partial charge in [0.2, 0.25) is 5.91 Å². The number of benzene rings is 2. The average molecular weight is 477 g/mol. The molecule has 1 atom stereocenters. The van der Waals surface area contributed by atoms with E-state index in [0.29, 0.717) is 28.0 Å². The molecule has 10 heteroatoms. The van der Waals surface area contributed by atoms with Gasteiger partial charge in [-0.3, -0.25) is 4.79 Å². The molecule has 5 rings (SSSR count). The second-order valence-electron chi connectivity index (χ2n) is 7.82. The summed E-state index contributed by atoms with van der Waals surface area (Å²) in [6.45, 7) is 1.90. The number of nitrogens with zero attached hydrogens (tertiary/aromatic N) is 5. The molecule has 172 valence electrons. The van der Waals surface area contributed by atoms with Crippen LogP contribution in [0.5, 0.6) is 11.5 Å². The molecule has 4 aromatic rings. The topological polar surface area (TPSA) is 104 Å². The lowest BCUT2D eigenvalue weighted by atomic mass is 9.85. The standard InChI is InChI=1S/C24H21ClN6O3/c1-13-22-18(17-9-8-16(33-2)10-20(17)34-3)11-21(32)28-23(22)31(30-13)24-27-19(12-26-29-24)14-4-6-15(25)7-5-14/h4-10,12,18H,11H2,1-3H3,(H,28,32)/t18-/m0/s1. The molecule has 2 aromatic heterocycles. The van der Waals surface area contributed by atoms with Crippen molar-refractivity contribution in [2.45, 2.75) is 19.3 Å². The average Bonchev–Trinajstić information content (AvgIpc) is 3.19. The van der Waals surface area contributed by atoms with E-state index in [1.54, 1.807) is 32.5 Å². The summed E-state index contributed by atoms with van der Waals surface area (Å²) in [5.41, 5.74) is 3.94. The van der Waals surface area contributed by atoms with E-state index >= 15 is 0 Å². The zero-order valence-corrected chi connectivity index (χ0v) is 19.5. The van der Waals surface area contributed by atoms with Crippen LogP contribution < -0.4 is 14.8 Å². The number of fused-ring (bicyclic) bond motifs is 1. The van der Waals surface area contributed by atoms with E-state index in [2.05, 4.69) is 25.6 Å². The van der Waals surface area contributed by atoms with Gasteiger partial charge in [-0.1, -0.05) is 29.8 Å². The van der Waals surface area contributed by atoms with Crippen LogP contribution in [0.2, 0.25) is 5.02 Å². The molecule has 0 spiro atoms. The van der Waals surface area contributed by atoms with E-state index in [1.807, 2.05) is 37.3 Å². The van der Waals surface area contributed by atoms with Crippen LogP contribution in [-0.4, -0.2) is 45.1 Å². The zero-order valence-electron chi connectivity index (χ0n) is 18.7. The summed E-state index contributed by atoms with van der Waals surface area (Å²) in [7, 11) is 3.20. The summed E-state index contributed by atoms with van der Waals surface area (Å²) in [5, 5.41) is 16.5. The van der Waals surface area contributed by atoms with Crippen LogP contribution >= 0.6 is 11.6 Å². The van der Waals surface area contributed by atoms with Crippen LogP contribution in [-0.2, 0) is 4.79 Å². The minimum atomic E-state index is -0.259. The molecule has 0 saturated carbocycles. The van der Waals surface area contributed by atoms with Gasteiger partial charge in [0.15, 0.2) is 0 Å². The first-order valence-corrected chi connectivity index (χ1v) is 10.9. The third-order valence-corrected chi connectivity index (χ3v) is 6.05. The second kappa shape index (κ2) is 8.75. The highest BCUT2D eigenvalue weighted by atomic mass is 35.5. The van der Waals surface area contributed by atoms with E-state index in [4.69, 9.17) is 21.1 Å². The Bertz CT molecular complexity index is 1390. The molecular weight excluding hydrogens is 456 g/mol. The number of rotatable bonds is 5. The number of hydrogen-bond acceptors (Lipinski definition) is 7. The molecule has 1 amide bonds. The lowest BCUT2D eigenvalue weighted by Crippen LogP contribution is -2.25. The van der Waals surface area contributed by atoms with Crippen molar-refractivity contribution < 1.29 is 14.3 Å².